The maximum atomic E-state index is 12.2. The average Bonchev–Trinajstić information content (AvgIpc) is 2.52. The molecule has 0 aliphatic carbocycles. The predicted octanol–water partition coefficient (Wildman–Crippen LogP) is 2.37. The van der Waals surface area contributed by atoms with Crippen molar-refractivity contribution in [2.24, 2.45) is 4.99 Å². The van der Waals surface area contributed by atoms with E-state index in [0.29, 0.717) is 6.54 Å². The molecule has 7 heteroatoms. The fourth-order valence-corrected chi connectivity index (χ4v) is 3.84. The smallest absolute Gasteiger partial charge is 0.216 e. The number of guanidine groups is 1. The summed E-state index contributed by atoms with van der Waals surface area (Å²) < 4.78 is 27.0. The van der Waals surface area contributed by atoms with Gasteiger partial charge in [0.25, 0.3) is 0 Å². The summed E-state index contributed by atoms with van der Waals surface area (Å²) in [6.07, 6.45) is 2.20. The maximum absolute atomic E-state index is 12.2. The Morgan fingerprint density at radius 1 is 1.12 bits per heavy atom. The lowest BCUT2D eigenvalue weighted by molar-refractivity contribution is 0.569. The molecule has 0 aromatic heterocycles. The molecule has 25 heavy (non-hydrogen) atoms. The van der Waals surface area contributed by atoms with Crippen LogP contribution in [0.15, 0.2) is 29.3 Å². The molecule has 0 fully saturated rings. The van der Waals surface area contributed by atoms with E-state index in [9.17, 15) is 8.42 Å². The number of hydrogen-bond donors (Lipinski definition) is 3. The third kappa shape index (κ3) is 8.88. The molecule has 0 atom stereocenters. The minimum absolute atomic E-state index is 0.0311. The number of rotatable bonds is 10. The van der Waals surface area contributed by atoms with Crippen LogP contribution in [0, 0.1) is 0 Å². The Labute approximate surface area is 152 Å². The molecule has 0 aliphatic rings. The van der Waals surface area contributed by atoms with Crippen LogP contribution < -0.4 is 15.4 Å². The molecule has 0 saturated heterocycles. The minimum atomic E-state index is -3.35. The van der Waals surface area contributed by atoms with Gasteiger partial charge in [-0.2, -0.15) is 0 Å². The van der Waals surface area contributed by atoms with Crippen LogP contribution in [-0.4, -0.2) is 33.5 Å². The molecular formula is C18H32N4O2S. The van der Waals surface area contributed by atoms with Crippen molar-refractivity contribution in [3.05, 3.63) is 35.4 Å². The summed E-state index contributed by atoms with van der Waals surface area (Å²) in [6, 6.07) is 7.44. The van der Waals surface area contributed by atoms with Crippen molar-refractivity contribution in [1.29, 1.82) is 0 Å². The standard InChI is InChI=1S/C18H32N4O2S/c1-5-7-12-20-18(19-6-2)21-13-16-10-8-9-11-17(16)14-25(23,24)22-15(3)4/h8-11,15,22H,5-7,12-14H2,1-4H3,(H2,19,20,21). The zero-order valence-electron chi connectivity index (χ0n) is 15.8. The third-order valence-electron chi connectivity index (χ3n) is 3.45. The average molecular weight is 369 g/mol. The Bertz CT molecular complexity index is 642. The molecule has 0 saturated carbocycles. The highest BCUT2D eigenvalue weighted by atomic mass is 32.2. The van der Waals surface area contributed by atoms with Crippen molar-refractivity contribution >= 4 is 16.0 Å². The predicted molar refractivity (Wildman–Crippen MR) is 105 cm³/mol. The molecule has 1 rings (SSSR count). The SMILES string of the molecule is CCCCNC(=NCc1ccccc1CS(=O)(=O)NC(C)C)NCC. The van der Waals surface area contributed by atoms with Crippen molar-refractivity contribution in [2.45, 2.75) is 58.9 Å². The normalized spacial score (nSPS) is 12.4. The lowest BCUT2D eigenvalue weighted by atomic mass is 10.1. The van der Waals surface area contributed by atoms with Crippen molar-refractivity contribution in [3.8, 4) is 0 Å². The van der Waals surface area contributed by atoms with Gasteiger partial charge in [-0.25, -0.2) is 18.1 Å². The van der Waals surface area contributed by atoms with Gasteiger partial charge in [0.15, 0.2) is 5.96 Å². The molecule has 0 bridgehead atoms. The Kier molecular flexibility index (Phi) is 9.52. The highest BCUT2D eigenvalue weighted by Crippen LogP contribution is 2.13. The van der Waals surface area contributed by atoms with Gasteiger partial charge in [-0.3, -0.25) is 0 Å². The number of aliphatic imine (C=N–C) groups is 1. The van der Waals surface area contributed by atoms with E-state index in [1.54, 1.807) is 0 Å². The van der Waals surface area contributed by atoms with Crippen molar-refractivity contribution in [1.82, 2.24) is 15.4 Å². The van der Waals surface area contributed by atoms with Gasteiger partial charge in [0, 0.05) is 19.1 Å². The second kappa shape index (κ2) is 11.1. The van der Waals surface area contributed by atoms with Gasteiger partial charge in [0.2, 0.25) is 10.0 Å². The molecule has 6 nitrogen and oxygen atoms in total. The first-order valence-electron chi connectivity index (χ1n) is 8.97. The molecule has 0 unspecified atom stereocenters. The second-order valence-corrected chi connectivity index (χ2v) is 8.03. The van der Waals surface area contributed by atoms with E-state index < -0.39 is 10.0 Å². The van der Waals surface area contributed by atoms with E-state index >= 15 is 0 Å². The van der Waals surface area contributed by atoms with E-state index in [0.717, 1.165) is 43.0 Å². The number of nitrogens with one attached hydrogen (secondary N) is 3. The molecule has 0 radical (unpaired) electrons. The van der Waals surface area contributed by atoms with E-state index in [1.807, 2.05) is 45.0 Å². The van der Waals surface area contributed by atoms with Crippen LogP contribution in [0.3, 0.4) is 0 Å². The van der Waals surface area contributed by atoms with Crippen LogP contribution in [0.5, 0.6) is 0 Å². The van der Waals surface area contributed by atoms with Gasteiger partial charge in [0.05, 0.1) is 12.3 Å². The van der Waals surface area contributed by atoms with Crippen molar-refractivity contribution in [2.75, 3.05) is 13.1 Å². The van der Waals surface area contributed by atoms with Crippen LogP contribution in [-0.2, 0) is 22.3 Å². The fourth-order valence-electron chi connectivity index (χ4n) is 2.35. The highest BCUT2D eigenvalue weighted by molar-refractivity contribution is 7.88. The molecule has 142 valence electrons. The highest BCUT2D eigenvalue weighted by Gasteiger charge is 2.15. The molecule has 0 amide bonds. The van der Waals surface area contributed by atoms with Gasteiger partial charge in [-0.1, -0.05) is 37.6 Å². The number of benzene rings is 1. The quantitative estimate of drug-likeness (QED) is 0.336. The van der Waals surface area contributed by atoms with Crippen LogP contribution in [0.1, 0.15) is 51.7 Å². The lowest BCUT2D eigenvalue weighted by Gasteiger charge is -2.13. The van der Waals surface area contributed by atoms with Gasteiger partial charge < -0.3 is 10.6 Å². The number of hydrogen-bond acceptors (Lipinski definition) is 3. The Morgan fingerprint density at radius 2 is 1.80 bits per heavy atom. The summed E-state index contributed by atoms with van der Waals surface area (Å²) in [4.78, 5) is 4.59. The molecule has 1 aromatic rings. The van der Waals surface area contributed by atoms with Gasteiger partial charge >= 0.3 is 0 Å². The van der Waals surface area contributed by atoms with Crippen LogP contribution in [0.4, 0.5) is 0 Å². The molecular weight excluding hydrogens is 336 g/mol. The second-order valence-electron chi connectivity index (χ2n) is 6.28. The minimum Gasteiger partial charge on any atom is -0.357 e. The summed E-state index contributed by atoms with van der Waals surface area (Å²) in [7, 11) is -3.35. The lowest BCUT2D eigenvalue weighted by Crippen LogP contribution is -2.37. The Morgan fingerprint density at radius 3 is 2.40 bits per heavy atom. The van der Waals surface area contributed by atoms with Crippen LogP contribution >= 0.6 is 0 Å². The molecule has 3 N–H and O–H groups in total. The number of nitrogens with zero attached hydrogens (tertiary/aromatic N) is 1. The fraction of sp³-hybridized carbons (Fsp3) is 0.611. The van der Waals surface area contributed by atoms with Gasteiger partial charge in [-0.05, 0) is 38.3 Å². The van der Waals surface area contributed by atoms with E-state index in [1.165, 1.54) is 0 Å². The largest absolute Gasteiger partial charge is 0.357 e. The van der Waals surface area contributed by atoms with E-state index in [2.05, 4.69) is 27.3 Å². The number of sulfonamides is 1. The first-order valence-corrected chi connectivity index (χ1v) is 10.6. The van der Waals surface area contributed by atoms with Gasteiger partial charge in [-0.15, -0.1) is 0 Å². The molecule has 0 aliphatic heterocycles. The van der Waals surface area contributed by atoms with E-state index in [-0.39, 0.29) is 11.8 Å². The molecule has 1 aromatic carbocycles. The first kappa shape index (κ1) is 21.4. The number of unbranched alkanes of at least 4 members (excludes halogenated alkanes) is 1. The van der Waals surface area contributed by atoms with Crippen LogP contribution in [0.25, 0.3) is 0 Å². The zero-order chi connectivity index (χ0) is 18.7. The summed E-state index contributed by atoms with van der Waals surface area (Å²) in [5.41, 5.74) is 1.70. The molecule has 0 spiro atoms. The van der Waals surface area contributed by atoms with Crippen molar-refractivity contribution < 1.29 is 8.42 Å². The summed E-state index contributed by atoms with van der Waals surface area (Å²) in [5, 5.41) is 6.51. The van der Waals surface area contributed by atoms with Crippen LogP contribution in [0.2, 0.25) is 0 Å². The van der Waals surface area contributed by atoms with Gasteiger partial charge in [0.1, 0.15) is 0 Å². The van der Waals surface area contributed by atoms with Crippen molar-refractivity contribution in [3.63, 3.8) is 0 Å². The van der Waals surface area contributed by atoms with E-state index in [4.69, 9.17) is 0 Å². The third-order valence-corrected chi connectivity index (χ3v) is 4.98. The first-order chi connectivity index (χ1) is 11.9. The monoisotopic (exact) mass is 368 g/mol. The maximum Gasteiger partial charge on any atom is 0.216 e. The topological polar surface area (TPSA) is 82.6 Å². The summed E-state index contributed by atoms with van der Waals surface area (Å²) in [5.74, 6) is 0.727. The zero-order valence-corrected chi connectivity index (χ0v) is 16.6. The Hall–Kier alpha value is -1.60. The summed E-state index contributed by atoms with van der Waals surface area (Å²) in [6.45, 7) is 9.90. The molecule has 0 heterocycles. The Balaban J connectivity index is 2.85. The summed E-state index contributed by atoms with van der Waals surface area (Å²) >= 11 is 0.